The number of rotatable bonds is 8. The smallest absolute Gasteiger partial charge is 0.168 e. The second kappa shape index (κ2) is 19.7. The quantitative estimate of drug-likeness (QED) is 0.152. The van der Waals surface area contributed by atoms with Crippen LogP contribution in [-0.4, -0.2) is 38.2 Å². The van der Waals surface area contributed by atoms with E-state index in [9.17, 15) is 0 Å². The number of fused-ring (bicyclic) bond motifs is 12. The van der Waals surface area contributed by atoms with E-state index in [1.54, 1.807) is 0 Å². The van der Waals surface area contributed by atoms with Crippen molar-refractivity contribution in [2.75, 3.05) is 0 Å². The van der Waals surface area contributed by atoms with Crippen molar-refractivity contribution >= 4 is 87.2 Å². The Labute approximate surface area is 508 Å². The van der Waals surface area contributed by atoms with Gasteiger partial charge in [-0.3, -0.25) is 4.98 Å². The molecule has 88 heavy (non-hydrogen) atoms. The Morgan fingerprint density at radius 2 is 0.557 bits per heavy atom. The van der Waals surface area contributed by atoms with E-state index in [-0.39, 0.29) is 0 Å². The molecule has 17 aromatic rings. The molecule has 0 fully saturated rings. The van der Waals surface area contributed by atoms with Gasteiger partial charge in [0.1, 0.15) is 0 Å². The molecule has 6 heterocycles. The summed E-state index contributed by atoms with van der Waals surface area (Å²) in [6.45, 7) is 13.1. The second-order valence-corrected chi connectivity index (χ2v) is 23.8. The average molecular weight is 1130 g/mol. The molecule has 0 unspecified atom stereocenters. The van der Waals surface area contributed by atoms with Crippen LogP contribution in [0.2, 0.25) is 0 Å². The molecule has 11 aromatic carbocycles. The molecule has 0 aliphatic rings. The van der Waals surface area contributed by atoms with Gasteiger partial charge < -0.3 is 18.3 Å². The SMILES string of the molecule is Cc1ccc2c(c1)c1ccccc1n2-c1c(-c2nc(-c3ccccc3)nc(-c3ccccc3)n2)c(-n2c3ccccc3c3cc(C)ccc32)c(-n2c3ccccc3c3cc(C)ccc32)c(-n2c3ccccc3c3cc(C)ccc32)c1-c1ccc(C)nc1C. The standard InChI is InChI=1S/C80H58N8/c1-47-33-39-68-60(43-47)56-25-13-17-29-64(56)85(68)74-72(55-38-37-51(5)81-52(55)6)75(86-65-30-18-14-26-57(65)61-44-48(2)34-40-69(61)86)77(88-67-32-20-16-28-59(67)63-46-50(4)36-42-71(63)88)76(87-66-31-19-15-27-58(66)62-45-49(3)35-41-70(62)87)73(74)80-83-78(53-21-9-7-10-22-53)82-79(84-80)54-23-11-8-12-24-54/h7-46H,1-6H3. The minimum absolute atomic E-state index is 0.509. The first-order valence-corrected chi connectivity index (χ1v) is 30.2. The topological polar surface area (TPSA) is 71.3 Å². The Hall–Kier alpha value is -11.2. The zero-order valence-electron chi connectivity index (χ0n) is 49.7. The lowest BCUT2D eigenvalue weighted by Gasteiger charge is -2.31. The number of para-hydroxylation sites is 4. The molecule has 0 N–H and O–H groups in total. The lowest BCUT2D eigenvalue weighted by atomic mass is 9.91. The van der Waals surface area contributed by atoms with E-state index in [2.05, 4.69) is 290 Å². The number of aromatic nitrogens is 8. The fraction of sp³-hybridized carbons (Fsp3) is 0.0750. The summed E-state index contributed by atoms with van der Waals surface area (Å²) in [7, 11) is 0. The van der Waals surface area contributed by atoms with Crippen molar-refractivity contribution in [2.24, 2.45) is 0 Å². The predicted octanol–water partition coefficient (Wildman–Crippen LogP) is 20.2. The third kappa shape index (κ3) is 7.71. The van der Waals surface area contributed by atoms with Gasteiger partial charge in [-0.2, -0.15) is 0 Å². The van der Waals surface area contributed by atoms with Crippen LogP contribution in [0.15, 0.2) is 243 Å². The molecule has 17 rings (SSSR count). The Balaban J connectivity index is 1.27. The van der Waals surface area contributed by atoms with E-state index in [4.69, 9.17) is 19.9 Å². The molecule has 8 nitrogen and oxygen atoms in total. The highest BCUT2D eigenvalue weighted by molar-refractivity contribution is 6.18. The summed E-state index contributed by atoms with van der Waals surface area (Å²) in [6, 6.07) is 88.7. The van der Waals surface area contributed by atoms with Crippen LogP contribution >= 0.6 is 0 Å². The molecular weight excluding hydrogens is 1070 g/mol. The lowest BCUT2D eigenvalue weighted by Crippen LogP contribution is -2.17. The summed E-state index contributed by atoms with van der Waals surface area (Å²) >= 11 is 0. The van der Waals surface area contributed by atoms with E-state index in [1.807, 2.05) is 12.1 Å². The van der Waals surface area contributed by atoms with Gasteiger partial charge in [-0.15, -0.1) is 0 Å². The van der Waals surface area contributed by atoms with Gasteiger partial charge in [0.2, 0.25) is 0 Å². The van der Waals surface area contributed by atoms with Gasteiger partial charge in [-0.25, -0.2) is 15.0 Å². The van der Waals surface area contributed by atoms with Gasteiger partial charge in [0, 0.05) is 76.7 Å². The Morgan fingerprint density at radius 3 is 0.943 bits per heavy atom. The molecular formula is C80H58N8. The zero-order chi connectivity index (χ0) is 59.1. The number of hydrogen-bond donors (Lipinski definition) is 0. The fourth-order valence-electron chi connectivity index (χ4n) is 14.2. The summed E-state index contributed by atoms with van der Waals surface area (Å²) < 4.78 is 10.2. The maximum absolute atomic E-state index is 5.94. The molecule has 418 valence electrons. The number of hydrogen-bond acceptors (Lipinski definition) is 4. The minimum atomic E-state index is 0.509. The molecule has 8 heteroatoms. The van der Waals surface area contributed by atoms with Crippen molar-refractivity contribution in [3.05, 3.63) is 276 Å². The van der Waals surface area contributed by atoms with Crippen molar-refractivity contribution in [1.82, 2.24) is 38.2 Å². The van der Waals surface area contributed by atoms with Gasteiger partial charge >= 0.3 is 0 Å². The molecule has 0 saturated heterocycles. The summed E-state index contributed by atoms with van der Waals surface area (Å²) in [6.07, 6.45) is 0. The monoisotopic (exact) mass is 1130 g/mol. The van der Waals surface area contributed by atoms with Crippen LogP contribution in [0.3, 0.4) is 0 Å². The van der Waals surface area contributed by atoms with E-state index in [0.29, 0.717) is 17.5 Å². The van der Waals surface area contributed by atoms with Crippen LogP contribution < -0.4 is 0 Å². The largest absolute Gasteiger partial charge is 0.308 e. The van der Waals surface area contributed by atoms with Gasteiger partial charge in [0.05, 0.1) is 72.4 Å². The summed E-state index contributed by atoms with van der Waals surface area (Å²) in [5.41, 5.74) is 23.1. The summed E-state index contributed by atoms with van der Waals surface area (Å²) in [5.74, 6) is 1.63. The van der Waals surface area contributed by atoms with Crippen molar-refractivity contribution in [1.29, 1.82) is 0 Å². The van der Waals surface area contributed by atoms with Gasteiger partial charge in [0.15, 0.2) is 17.5 Å². The average Bonchev–Trinajstić information content (AvgIpc) is 1.40. The number of nitrogens with zero attached hydrogens (tertiary/aromatic N) is 8. The van der Waals surface area contributed by atoms with Gasteiger partial charge in [-0.1, -0.05) is 186 Å². The number of aryl methyl sites for hydroxylation is 6. The first-order chi connectivity index (χ1) is 43.1. The maximum atomic E-state index is 5.94. The van der Waals surface area contributed by atoms with E-state index >= 15 is 0 Å². The number of benzene rings is 11. The highest BCUT2D eigenvalue weighted by Crippen LogP contribution is 2.55. The lowest BCUT2D eigenvalue weighted by molar-refractivity contribution is 1.02. The van der Waals surface area contributed by atoms with Crippen molar-refractivity contribution in [3.8, 4) is 68.0 Å². The fourth-order valence-corrected chi connectivity index (χ4v) is 14.2. The molecule has 0 spiro atoms. The Kier molecular flexibility index (Phi) is 11.4. The third-order valence-corrected chi connectivity index (χ3v) is 18.0. The van der Waals surface area contributed by atoms with Crippen LogP contribution in [0.25, 0.3) is 155 Å². The minimum Gasteiger partial charge on any atom is -0.308 e. The Bertz CT molecular complexity index is 5700. The summed E-state index contributed by atoms with van der Waals surface area (Å²) in [4.78, 5) is 22.8. The third-order valence-electron chi connectivity index (χ3n) is 18.0. The molecule has 6 aromatic heterocycles. The Morgan fingerprint density at radius 1 is 0.239 bits per heavy atom. The highest BCUT2D eigenvalue weighted by Gasteiger charge is 2.37. The van der Waals surface area contributed by atoms with Crippen LogP contribution in [0.4, 0.5) is 0 Å². The molecule has 0 amide bonds. The highest BCUT2D eigenvalue weighted by atomic mass is 15.1. The molecule has 0 saturated carbocycles. The van der Waals surface area contributed by atoms with E-state index < -0.39 is 0 Å². The van der Waals surface area contributed by atoms with Gasteiger partial charge in [-0.05, 0) is 120 Å². The van der Waals surface area contributed by atoms with E-state index in [0.717, 1.165) is 149 Å². The molecule has 0 atom stereocenters. The molecule has 0 bridgehead atoms. The first kappa shape index (κ1) is 51.2. The van der Waals surface area contributed by atoms with E-state index in [1.165, 1.54) is 22.3 Å². The van der Waals surface area contributed by atoms with Crippen LogP contribution in [0, 0.1) is 41.5 Å². The molecule has 0 aliphatic carbocycles. The maximum Gasteiger partial charge on any atom is 0.168 e. The predicted molar refractivity (Wildman–Crippen MR) is 365 cm³/mol. The van der Waals surface area contributed by atoms with Crippen molar-refractivity contribution < 1.29 is 0 Å². The first-order valence-electron chi connectivity index (χ1n) is 30.2. The normalized spacial score (nSPS) is 12.0. The molecule has 0 aliphatic heterocycles. The summed E-state index contributed by atoms with van der Waals surface area (Å²) in [5, 5.41) is 9.15. The second-order valence-electron chi connectivity index (χ2n) is 23.8. The van der Waals surface area contributed by atoms with Crippen LogP contribution in [-0.2, 0) is 0 Å². The van der Waals surface area contributed by atoms with Crippen molar-refractivity contribution in [2.45, 2.75) is 41.5 Å². The zero-order valence-corrected chi connectivity index (χ0v) is 49.7. The van der Waals surface area contributed by atoms with Crippen molar-refractivity contribution in [3.63, 3.8) is 0 Å². The number of pyridine rings is 1. The molecule has 0 radical (unpaired) electrons. The van der Waals surface area contributed by atoms with Crippen LogP contribution in [0.1, 0.15) is 33.6 Å². The van der Waals surface area contributed by atoms with Crippen LogP contribution in [0.5, 0.6) is 0 Å². The van der Waals surface area contributed by atoms with Gasteiger partial charge in [0.25, 0.3) is 0 Å².